The summed E-state index contributed by atoms with van der Waals surface area (Å²) in [5, 5.41) is 27.7. The van der Waals surface area contributed by atoms with Crippen LogP contribution in [0.3, 0.4) is 0 Å². The Hall–Kier alpha value is -6.15. The van der Waals surface area contributed by atoms with Crippen LogP contribution in [0.4, 0.5) is 0 Å². The number of benzene rings is 1. The lowest BCUT2D eigenvalue weighted by atomic mass is 9.96. The summed E-state index contributed by atoms with van der Waals surface area (Å²) < 4.78 is 0. The molecular formula is C43H66N12O12S2. The number of phenolic OH excluding ortho intramolecular Hbond substituents is 1. The molecule has 0 aromatic heterocycles. The van der Waals surface area contributed by atoms with Crippen LogP contribution in [0.25, 0.3) is 0 Å². The number of phenols is 1. The van der Waals surface area contributed by atoms with Gasteiger partial charge in [-0.1, -0.05) is 74.3 Å². The Labute approximate surface area is 407 Å². The Morgan fingerprint density at radius 3 is 1.99 bits per heavy atom. The molecule has 11 amide bonds. The highest BCUT2D eigenvalue weighted by Crippen LogP contribution is 2.26. The van der Waals surface area contributed by atoms with Gasteiger partial charge >= 0.3 is 0 Å². The van der Waals surface area contributed by atoms with Gasteiger partial charge in [0.15, 0.2) is 0 Å². The van der Waals surface area contributed by atoms with Crippen molar-refractivity contribution in [1.82, 2.24) is 42.1 Å². The van der Waals surface area contributed by atoms with Crippen LogP contribution in [0.2, 0.25) is 0 Å². The normalized spacial score (nSPS) is 24.7. The predicted molar refractivity (Wildman–Crippen MR) is 254 cm³/mol. The minimum Gasteiger partial charge on any atom is -0.508 e. The lowest BCUT2D eigenvalue weighted by Gasteiger charge is -2.31. The molecule has 3 rings (SSSR count). The fourth-order valence-electron chi connectivity index (χ4n) is 7.31. The number of rotatable bonds is 17. The summed E-state index contributed by atoms with van der Waals surface area (Å²) in [6.07, 6.45) is -0.421. The van der Waals surface area contributed by atoms with Crippen molar-refractivity contribution in [3.05, 3.63) is 29.8 Å². The van der Waals surface area contributed by atoms with E-state index in [-0.39, 0.29) is 36.6 Å². The summed E-state index contributed by atoms with van der Waals surface area (Å²) in [6, 6.07) is -5.06. The average Bonchev–Trinajstić information content (AvgIpc) is 3.80. The van der Waals surface area contributed by atoms with Gasteiger partial charge in [0, 0.05) is 30.9 Å². The van der Waals surface area contributed by atoms with Crippen molar-refractivity contribution in [1.29, 1.82) is 0 Å². The van der Waals surface area contributed by atoms with Gasteiger partial charge in [0.1, 0.15) is 48.0 Å². The molecule has 1 aromatic rings. The van der Waals surface area contributed by atoms with Crippen molar-refractivity contribution in [3.8, 4) is 5.75 Å². The van der Waals surface area contributed by atoms with E-state index < -0.39 is 151 Å². The van der Waals surface area contributed by atoms with Gasteiger partial charge in [-0.3, -0.25) is 52.7 Å². The zero-order valence-corrected chi connectivity index (χ0v) is 40.7. The summed E-state index contributed by atoms with van der Waals surface area (Å²) >= 11 is 0. The number of primary amides is 3. The Balaban J connectivity index is 2.06. The number of nitrogens with one attached hydrogen (secondary N) is 7. The van der Waals surface area contributed by atoms with Crippen molar-refractivity contribution in [3.63, 3.8) is 0 Å². The molecule has 3 unspecified atom stereocenters. The number of likely N-dealkylation sites (tertiary alicyclic amines) is 1. The van der Waals surface area contributed by atoms with Crippen molar-refractivity contribution >= 4 is 86.6 Å². The standard InChI is InChI=1S/C43H66N12O12S2/c1-5-21(3)34(41(65)48-18-33(47)59)54-40(64)30-8-7-15-55(30)43(67)29-20-69-68-19-25(44)36(60)50-27(16-23-9-11-24(56)12-10-23)39(63)53-35(22(4)6-2)42(66)49-26(13-14-31(45)57)37(61)51-28(17-32(46)58)38(62)52-29/h9-12,21-22,25-30,34-35,56H,5-8,13-20,44H2,1-4H3,(H2,45,57)(H2,46,58)(H2,47,59)(H,48,65)(H,49,66)(H,50,60)(H,51,61)(H,52,62)(H,53,63)(H,54,64)/t21-,22-,25-,26?,27?,28-,29?,30-,34-,35-/m0/s1. The number of aromatic hydroxyl groups is 1. The summed E-state index contributed by atoms with van der Waals surface area (Å²) in [5.74, 6) is -10.7. The van der Waals surface area contributed by atoms with Crippen LogP contribution >= 0.6 is 21.6 Å². The minimum atomic E-state index is -1.75. The third kappa shape index (κ3) is 18.0. The van der Waals surface area contributed by atoms with E-state index in [1.165, 1.54) is 29.2 Å². The van der Waals surface area contributed by atoms with E-state index in [1.807, 2.05) is 0 Å². The second-order valence-corrected chi connectivity index (χ2v) is 19.6. The number of nitrogens with two attached hydrogens (primary N) is 4. The van der Waals surface area contributed by atoms with Crippen LogP contribution in [0, 0.1) is 11.8 Å². The topological polar surface area (TPSA) is 400 Å². The average molecular weight is 1010 g/mol. The zero-order valence-electron chi connectivity index (χ0n) is 39.1. The summed E-state index contributed by atoms with van der Waals surface area (Å²) in [6.45, 7) is 6.47. The Morgan fingerprint density at radius 1 is 0.768 bits per heavy atom. The number of hydrogen-bond acceptors (Lipinski definition) is 15. The minimum absolute atomic E-state index is 0.0468. The van der Waals surface area contributed by atoms with Crippen LogP contribution in [0.1, 0.15) is 78.2 Å². The first kappa shape index (κ1) is 57.2. The Morgan fingerprint density at radius 2 is 1.38 bits per heavy atom. The zero-order chi connectivity index (χ0) is 51.5. The SMILES string of the molecule is CC[C@H](C)[C@@H]1NC(=O)C(Cc2ccc(O)cc2)NC(=O)[C@@H](N)CSSCC(C(=O)N2CCC[C@H]2C(=O)N[C@H](C(=O)NCC(N)=O)[C@@H](C)CC)NC(=O)[C@H](CC(N)=O)NC(=O)C(CCC(N)=O)NC1=O. The highest BCUT2D eigenvalue weighted by molar-refractivity contribution is 8.76. The highest BCUT2D eigenvalue weighted by atomic mass is 33.1. The number of nitrogens with zero attached hydrogens (tertiary/aromatic N) is 1. The number of hydrogen-bond donors (Lipinski definition) is 12. The van der Waals surface area contributed by atoms with Crippen molar-refractivity contribution in [2.24, 2.45) is 34.8 Å². The van der Waals surface area contributed by atoms with E-state index in [0.717, 1.165) is 21.6 Å². The van der Waals surface area contributed by atoms with E-state index in [1.54, 1.807) is 27.7 Å². The third-order valence-corrected chi connectivity index (χ3v) is 14.2. The fourth-order valence-corrected chi connectivity index (χ4v) is 9.59. The maximum absolute atomic E-state index is 14.5. The van der Waals surface area contributed by atoms with Gasteiger partial charge in [-0.15, -0.1) is 0 Å². The largest absolute Gasteiger partial charge is 0.508 e. The van der Waals surface area contributed by atoms with Gasteiger partial charge in [0.05, 0.1) is 19.0 Å². The van der Waals surface area contributed by atoms with Gasteiger partial charge in [-0.2, -0.15) is 0 Å². The first-order valence-electron chi connectivity index (χ1n) is 22.6. The van der Waals surface area contributed by atoms with E-state index in [9.17, 15) is 57.8 Å². The van der Waals surface area contributed by atoms with E-state index in [4.69, 9.17) is 22.9 Å². The molecular weight excluding hydrogens is 941 g/mol. The molecule has 0 spiro atoms. The van der Waals surface area contributed by atoms with Gasteiger partial charge < -0.3 is 70.2 Å². The molecule has 69 heavy (non-hydrogen) atoms. The van der Waals surface area contributed by atoms with E-state index in [2.05, 4.69) is 37.2 Å². The van der Waals surface area contributed by atoms with E-state index in [0.29, 0.717) is 24.8 Å². The maximum Gasteiger partial charge on any atom is 0.246 e. The quantitative estimate of drug-likeness (QED) is 0.0671. The van der Waals surface area contributed by atoms with Gasteiger partial charge in [0.25, 0.3) is 0 Å². The molecule has 2 aliphatic heterocycles. The molecule has 382 valence electrons. The molecule has 0 saturated carbocycles. The monoisotopic (exact) mass is 1010 g/mol. The molecule has 10 atom stereocenters. The Kier molecular flexibility index (Phi) is 23.0. The van der Waals surface area contributed by atoms with Crippen molar-refractivity contribution in [2.45, 2.75) is 127 Å². The number of carbonyl (C=O) groups is 11. The van der Waals surface area contributed by atoms with E-state index >= 15 is 0 Å². The molecule has 0 radical (unpaired) electrons. The lowest BCUT2D eigenvalue weighted by Crippen LogP contribution is -2.61. The lowest BCUT2D eigenvalue weighted by molar-refractivity contribution is -0.142. The molecule has 1 aromatic carbocycles. The third-order valence-electron chi connectivity index (χ3n) is 11.7. The summed E-state index contributed by atoms with van der Waals surface area (Å²) in [7, 11) is 2.05. The summed E-state index contributed by atoms with van der Waals surface area (Å²) in [5.41, 5.74) is 22.9. The molecule has 16 N–H and O–H groups in total. The molecule has 26 heteroatoms. The van der Waals surface area contributed by atoms with Crippen LogP contribution in [0.5, 0.6) is 5.75 Å². The Bertz CT molecular complexity index is 2050. The predicted octanol–water partition coefficient (Wildman–Crippen LogP) is -3.61. The van der Waals surface area contributed by atoms with Crippen molar-refractivity contribution in [2.75, 3.05) is 24.6 Å². The molecule has 2 fully saturated rings. The molecule has 2 aliphatic rings. The van der Waals surface area contributed by atoms with Crippen LogP contribution < -0.4 is 60.2 Å². The maximum atomic E-state index is 14.5. The van der Waals surface area contributed by atoms with Gasteiger partial charge in [-0.25, -0.2) is 0 Å². The smallest absolute Gasteiger partial charge is 0.246 e. The first-order chi connectivity index (χ1) is 32.6. The van der Waals surface area contributed by atoms with Crippen molar-refractivity contribution < 1.29 is 57.8 Å². The highest BCUT2D eigenvalue weighted by Gasteiger charge is 2.41. The van der Waals surface area contributed by atoms with Crippen LogP contribution in [-0.4, -0.2) is 148 Å². The van der Waals surface area contributed by atoms with Crippen LogP contribution in [-0.2, 0) is 59.2 Å². The second-order valence-electron chi connectivity index (χ2n) is 17.1. The fraction of sp³-hybridized carbons (Fsp3) is 0.605. The molecule has 24 nitrogen and oxygen atoms in total. The van der Waals surface area contributed by atoms with Gasteiger partial charge in [0.2, 0.25) is 65.0 Å². The molecule has 2 heterocycles. The van der Waals surface area contributed by atoms with Gasteiger partial charge in [-0.05, 0) is 48.8 Å². The first-order valence-corrected chi connectivity index (χ1v) is 25.1. The molecule has 0 aliphatic carbocycles. The summed E-state index contributed by atoms with van der Waals surface area (Å²) in [4.78, 5) is 148. The number of carbonyl (C=O) groups excluding carboxylic acids is 11. The molecule has 2 saturated heterocycles. The number of amides is 11. The second kappa shape index (κ2) is 27.7. The van der Waals surface area contributed by atoms with Crippen LogP contribution in [0.15, 0.2) is 24.3 Å². The molecule has 0 bridgehead atoms.